The standard InChI is InChI=1S/C23H28N4O3S/c1-3-26(4-2)21-11-9-20(10-12-21)25-23(28)18-13-15-27(16-14-18)31(29,30)22-8-6-5-7-19(22)17-24/h5-12,18H,3-4,13-16H2,1-2H3,(H,25,28). The van der Waals surface area contributed by atoms with Crippen LogP contribution in [0.15, 0.2) is 53.4 Å². The lowest BCUT2D eigenvalue weighted by atomic mass is 9.97. The van der Waals surface area contributed by atoms with E-state index in [0.717, 1.165) is 24.5 Å². The molecule has 7 nitrogen and oxygen atoms in total. The summed E-state index contributed by atoms with van der Waals surface area (Å²) in [6.07, 6.45) is 0.884. The molecule has 31 heavy (non-hydrogen) atoms. The number of carbonyl (C=O) groups excluding carboxylic acids is 1. The van der Waals surface area contributed by atoms with Crippen LogP contribution in [0.5, 0.6) is 0 Å². The zero-order chi connectivity index (χ0) is 22.4. The molecule has 0 unspecified atom stereocenters. The summed E-state index contributed by atoms with van der Waals surface area (Å²) in [6, 6.07) is 15.9. The number of nitrogens with one attached hydrogen (secondary N) is 1. The molecule has 0 spiro atoms. The normalized spacial score (nSPS) is 15.3. The first-order chi connectivity index (χ1) is 14.9. The smallest absolute Gasteiger partial charge is 0.244 e. The Labute approximate surface area is 184 Å². The molecule has 1 saturated heterocycles. The monoisotopic (exact) mass is 440 g/mol. The van der Waals surface area contributed by atoms with Gasteiger partial charge in [0.2, 0.25) is 15.9 Å². The molecule has 2 aromatic carbocycles. The highest BCUT2D eigenvalue weighted by Crippen LogP contribution is 2.27. The molecule has 1 aliphatic heterocycles. The molecule has 164 valence electrons. The van der Waals surface area contributed by atoms with E-state index in [9.17, 15) is 18.5 Å². The second kappa shape index (κ2) is 9.94. The second-order valence-electron chi connectivity index (χ2n) is 7.49. The van der Waals surface area contributed by atoms with Crippen molar-refractivity contribution in [1.82, 2.24) is 4.31 Å². The van der Waals surface area contributed by atoms with Crippen LogP contribution in [0, 0.1) is 17.2 Å². The summed E-state index contributed by atoms with van der Waals surface area (Å²) in [5, 5.41) is 12.2. The Morgan fingerprint density at radius 1 is 1.10 bits per heavy atom. The van der Waals surface area contributed by atoms with E-state index in [1.54, 1.807) is 12.1 Å². The van der Waals surface area contributed by atoms with Gasteiger partial charge in [0, 0.05) is 43.5 Å². The number of benzene rings is 2. The fourth-order valence-electron chi connectivity index (χ4n) is 3.87. The molecule has 1 fully saturated rings. The SMILES string of the molecule is CCN(CC)c1ccc(NC(=O)C2CCN(S(=O)(=O)c3ccccc3C#N)CC2)cc1. The van der Waals surface area contributed by atoms with Gasteiger partial charge >= 0.3 is 0 Å². The van der Waals surface area contributed by atoms with E-state index in [2.05, 4.69) is 24.1 Å². The maximum Gasteiger partial charge on any atom is 0.244 e. The molecule has 8 heteroatoms. The van der Waals surface area contributed by atoms with Crippen LogP contribution in [0.4, 0.5) is 11.4 Å². The molecule has 1 amide bonds. The van der Waals surface area contributed by atoms with Gasteiger partial charge in [0.15, 0.2) is 0 Å². The van der Waals surface area contributed by atoms with Crippen LogP contribution in [-0.4, -0.2) is 44.8 Å². The summed E-state index contributed by atoms with van der Waals surface area (Å²) in [6.45, 7) is 6.54. The molecule has 1 N–H and O–H groups in total. The highest BCUT2D eigenvalue weighted by molar-refractivity contribution is 7.89. The Kier molecular flexibility index (Phi) is 7.31. The fourth-order valence-corrected chi connectivity index (χ4v) is 5.48. The van der Waals surface area contributed by atoms with Crippen molar-refractivity contribution in [2.24, 2.45) is 5.92 Å². The van der Waals surface area contributed by atoms with Gasteiger partial charge in [0.25, 0.3) is 0 Å². The lowest BCUT2D eigenvalue weighted by Gasteiger charge is -2.30. The highest BCUT2D eigenvalue weighted by Gasteiger charge is 2.33. The van der Waals surface area contributed by atoms with E-state index in [-0.39, 0.29) is 35.4 Å². The summed E-state index contributed by atoms with van der Waals surface area (Å²) in [4.78, 5) is 14.9. The van der Waals surface area contributed by atoms with Gasteiger partial charge in [-0.2, -0.15) is 9.57 Å². The number of nitriles is 1. The predicted molar refractivity (Wildman–Crippen MR) is 121 cm³/mol. The second-order valence-corrected chi connectivity index (χ2v) is 9.40. The van der Waals surface area contributed by atoms with Crippen LogP contribution in [-0.2, 0) is 14.8 Å². The number of hydrogen-bond donors (Lipinski definition) is 1. The number of sulfonamides is 1. The lowest BCUT2D eigenvalue weighted by molar-refractivity contribution is -0.120. The van der Waals surface area contributed by atoms with E-state index in [1.165, 1.54) is 16.4 Å². The van der Waals surface area contributed by atoms with Gasteiger partial charge in [0.05, 0.1) is 10.5 Å². The number of amides is 1. The Bertz CT molecular complexity index is 1050. The van der Waals surface area contributed by atoms with Gasteiger partial charge in [-0.3, -0.25) is 4.79 Å². The van der Waals surface area contributed by atoms with Crippen molar-refractivity contribution >= 4 is 27.3 Å². The van der Waals surface area contributed by atoms with Crippen LogP contribution < -0.4 is 10.2 Å². The van der Waals surface area contributed by atoms with Crippen molar-refractivity contribution in [2.75, 3.05) is 36.4 Å². The van der Waals surface area contributed by atoms with Crippen LogP contribution in [0.25, 0.3) is 0 Å². The van der Waals surface area contributed by atoms with Crippen LogP contribution >= 0.6 is 0 Å². The minimum atomic E-state index is -3.76. The number of hydrogen-bond acceptors (Lipinski definition) is 5. The van der Waals surface area contributed by atoms with Crippen molar-refractivity contribution in [1.29, 1.82) is 5.26 Å². The summed E-state index contributed by atoms with van der Waals surface area (Å²) in [5.41, 5.74) is 1.98. The first kappa shape index (κ1) is 22.8. The first-order valence-corrected chi connectivity index (χ1v) is 12.0. The minimum Gasteiger partial charge on any atom is -0.372 e. The molecule has 0 saturated carbocycles. The summed E-state index contributed by atoms with van der Waals surface area (Å²) in [5.74, 6) is -0.342. The van der Waals surface area contributed by atoms with Gasteiger partial charge in [0.1, 0.15) is 6.07 Å². The summed E-state index contributed by atoms with van der Waals surface area (Å²) in [7, 11) is -3.76. The van der Waals surface area contributed by atoms with Crippen LogP contribution in [0.1, 0.15) is 32.3 Å². The van der Waals surface area contributed by atoms with E-state index in [0.29, 0.717) is 12.8 Å². The number of anilines is 2. The van der Waals surface area contributed by atoms with Crippen molar-refractivity contribution in [3.63, 3.8) is 0 Å². The van der Waals surface area contributed by atoms with E-state index < -0.39 is 10.0 Å². The molecule has 0 atom stereocenters. The van der Waals surface area contributed by atoms with Crippen molar-refractivity contribution < 1.29 is 13.2 Å². The Balaban J connectivity index is 1.60. The van der Waals surface area contributed by atoms with Crippen molar-refractivity contribution in [2.45, 2.75) is 31.6 Å². The third kappa shape index (κ3) is 5.06. The average molecular weight is 441 g/mol. The number of carbonyl (C=O) groups is 1. The number of rotatable bonds is 7. The maximum atomic E-state index is 12.9. The van der Waals surface area contributed by atoms with Gasteiger partial charge in [-0.15, -0.1) is 0 Å². The topological polar surface area (TPSA) is 93.5 Å². The fraction of sp³-hybridized carbons (Fsp3) is 0.391. The van der Waals surface area contributed by atoms with E-state index >= 15 is 0 Å². The van der Waals surface area contributed by atoms with Gasteiger partial charge in [-0.1, -0.05) is 12.1 Å². The molecule has 2 aromatic rings. The molecule has 1 heterocycles. The first-order valence-electron chi connectivity index (χ1n) is 10.6. The number of piperidine rings is 1. The Morgan fingerprint density at radius 3 is 2.29 bits per heavy atom. The number of nitrogens with zero attached hydrogens (tertiary/aromatic N) is 3. The van der Waals surface area contributed by atoms with Crippen LogP contribution in [0.2, 0.25) is 0 Å². The maximum absolute atomic E-state index is 12.9. The molecular formula is C23H28N4O3S. The Hall–Kier alpha value is -2.89. The summed E-state index contributed by atoms with van der Waals surface area (Å²) < 4.78 is 27.2. The third-order valence-electron chi connectivity index (χ3n) is 5.71. The molecule has 3 rings (SSSR count). The van der Waals surface area contributed by atoms with Gasteiger partial charge < -0.3 is 10.2 Å². The zero-order valence-corrected chi connectivity index (χ0v) is 18.7. The average Bonchev–Trinajstić information content (AvgIpc) is 2.81. The highest BCUT2D eigenvalue weighted by atomic mass is 32.2. The molecule has 0 radical (unpaired) electrons. The van der Waals surface area contributed by atoms with Crippen molar-refractivity contribution in [3.8, 4) is 6.07 Å². The zero-order valence-electron chi connectivity index (χ0n) is 17.9. The Morgan fingerprint density at radius 2 is 1.71 bits per heavy atom. The molecule has 0 bridgehead atoms. The molecule has 1 aliphatic rings. The third-order valence-corrected chi connectivity index (χ3v) is 7.67. The molecule has 0 aliphatic carbocycles. The van der Waals surface area contributed by atoms with Crippen molar-refractivity contribution in [3.05, 3.63) is 54.1 Å². The minimum absolute atomic E-state index is 0.0219. The van der Waals surface area contributed by atoms with E-state index in [4.69, 9.17) is 0 Å². The molecule has 0 aromatic heterocycles. The quantitative estimate of drug-likeness (QED) is 0.712. The van der Waals surface area contributed by atoms with Crippen LogP contribution in [0.3, 0.4) is 0 Å². The van der Waals surface area contributed by atoms with E-state index in [1.807, 2.05) is 30.3 Å². The summed E-state index contributed by atoms with van der Waals surface area (Å²) >= 11 is 0. The van der Waals surface area contributed by atoms with Gasteiger partial charge in [-0.05, 0) is 63.1 Å². The van der Waals surface area contributed by atoms with Gasteiger partial charge in [-0.25, -0.2) is 8.42 Å². The predicted octanol–water partition coefficient (Wildman–Crippen LogP) is 3.44. The molecular weight excluding hydrogens is 412 g/mol. The largest absolute Gasteiger partial charge is 0.372 e. The lowest BCUT2D eigenvalue weighted by Crippen LogP contribution is -2.41.